The van der Waals surface area contributed by atoms with Gasteiger partial charge in [0.2, 0.25) is 5.91 Å². The summed E-state index contributed by atoms with van der Waals surface area (Å²) in [6.45, 7) is 14.7. The van der Waals surface area contributed by atoms with E-state index in [9.17, 15) is 9.59 Å². The van der Waals surface area contributed by atoms with E-state index < -0.39 is 5.97 Å². The Bertz CT molecular complexity index is 1260. The number of ether oxygens (including phenoxy) is 2. The molecule has 240 valence electrons. The first-order chi connectivity index (χ1) is 21.3. The summed E-state index contributed by atoms with van der Waals surface area (Å²) < 4.78 is 11.3. The Morgan fingerprint density at radius 2 is 1.68 bits per heavy atom. The lowest BCUT2D eigenvalue weighted by atomic mass is 10.1. The number of benzene rings is 2. The monoisotopic (exact) mass is 620 g/mol. The van der Waals surface area contributed by atoms with Gasteiger partial charge in [-0.05, 0) is 101 Å². The number of nitrogens with zero attached hydrogens (tertiary/aromatic N) is 1. The second-order valence-electron chi connectivity index (χ2n) is 10.9. The fourth-order valence-electron chi connectivity index (χ4n) is 4.65. The summed E-state index contributed by atoms with van der Waals surface area (Å²) in [5.74, 6) is 0.952. The first-order valence-electron chi connectivity index (χ1n) is 15.9. The van der Waals surface area contributed by atoms with Crippen molar-refractivity contribution < 1.29 is 19.1 Å². The molecule has 6 nitrogen and oxygen atoms in total. The number of carbonyl (C=O) groups is 2. The summed E-state index contributed by atoms with van der Waals surface area (Å²) in [6, 6.07) is 12.8. The summed E-state index contributed by atoms with van der Waals surface area (Å²) in [6.07, 6.45) is 14.3. The lowest BCUT2D eigenvalue weighted by Gasteiger charge is -2.17. The van der Waals surface area contributed by atoms with Crippen LogP contribution in [0.4, 0.5) is 0 Å². The maximum Gasteiger partial charge on any atom is 0.344 e. The smallest absolute Gasteiger partial charge is 0.344 e. The van der Waals surface area contributed by atoms with Crippen LogP contribution in [0.1, 0.15) is 89.1 Å². The molecular formula is C37H52N2O4S. The molecule has 0 aromatic heterocycles. The number of rotatable bonds is 20. The van der Waals surface area contributed by atoms with Crippen molar-refractivity contribution >= 4 is 29.7 Å². The molecule has 1 N–H and O–H groups in total. The number of thioether (sulfide) groups is 1. The van der Waals surface area contributed by atoms with Gasteiger partial charge in [0.25, 0.3) is 0 Å². The molecule has 0 atom stereocenters. The molecular weight excluding hydrogens is 568 g/mol. The largest absolute Gasteiger partial charge is 0.493 e. The molecule has 44 heavy (non-hydrogen) atoms. The third-order valence-electron chi connectivity index (χ3n) is 7.37. The summed E-state index contributed by atoms with van der Waals surface area (Å²) in [5, 5.41) is 2.94. The van der Waals surface area contributed by atoms with E-state index in [1.165, 1.54) is 30.8 Å². The molecule has 0 aliphatic heterocycles. The Kier molecular flexibility index (Phi) is 18.0. The summed E-state index contributed by atoms with van der Waals surface area (Å²) in [4.78, 5) is 28.7. The van der Waals surface area contributed by atoms with Crippen molar-refractivity contribution in [2.45, 2.75) is 78.0 Å². The van der Waals surface area contributed by atoms with Crippen molar-refractivity contribution in [3.05, 3.63) is 83.0 Å². The highest BCUT2D eigenvalue weighted by Gasteiger charge is 2.16. The van der Waals surface area contributed by atoms with E-state index in [1.54, 1.807) is 42.1 Å². The molecule has 1 amide bonds. The van der Waals surface area contributed by atoms with Gasteiger partial charge in [0.05, 0.1) is 12.7 Å². The number of nitrogens with one attached hydrogen (secondary N) is 1. The second-order valence-corrected chi connectivity index (χ2v) is 11.9. The second kappa shape index (κ2) is 21.4. The van der Waals surface area contributed by atoms with Gasteiger partial charge in [0.1, 0.15) is 0 Å². The van der Waals surface area contributed by atoms with Gasteiger partial charge in [0.15, 0.2) is 11.5 Å². The maximum atomic E-state index is 13.2. The van der Waals surface area contributed by atoms with Crippen LogP contribution in [0, 0.1) is 0 Å². The van der Waals surface area contributed by atoms with Crippen LogP contribution in [0.25, 0.3) is 6.08 Å². The molecule has 0 fully saturated rings. The zero-order valence-corrected chi connectivity index (χ0v) is 28.4. The fraction of sp³-hybridized carbons (Fsp3) is 0.459. The van der Waals surface area contributed by atoms with Crippen molar-refractivity contribution in [3.8, 4) is 11.5 Å². The van der Waals surface area contributed by atoms with Gasteiger partial charge >= 0.3 is 5.97 Å². The van der Waals surface area contributed by atoms with Crippen LogP contribution >= 0.6 is 11.8 Å². The molecule has 7 heteroatoms. The van der Waals surface area contributed by atoms with Crippen LogP contribution in [0.15, 0.2) is 76.7 Å². The van der Waals surface area contributed by atoms with Crippen LogP contribution in [-0.2, 0) is 4.79 Å². The van der Waals surface area contributed by atoms with Crippen LogP contribution in [0.3, 0.4) is 0 Å². The Labute approximate surface area is 270 Å². The lowest BCUT2D eigenvalue weighted by molar-refractivity contribution is -0.116. The van der Waals surface area contributed by atoms with Gasteiger partial charge in [-0.1, -0.05) is 68.7 Å². The van der Waals surface area contributed by atoms with E-state index in [2.05, 4.69) is 57.0 Å². The van der Waals surface area contributed by atoms with Gasteiger partial charge in [-0.3, -0.25) is 4.79 Å². The Morgan fingerprint density at radius 1 is 0.932 bits per heavy atom. The number of allylic oxidation sites excluding steroid dienone is 3. The summed E-state index contributed by atoms with van der Waals surface area (Å²) >= 11 is 1.62. The molecule has 2 aromatic carbocycles. The van der Waals surface area contributed by atoms with Crippen LogP contribution in [0.5, 0.6) is 11.5 Å². The van der Waals surface area contributed by atoms with Crippen LogP contribution in [-0.4, -0.2) is 55.8 Å². The van der Waals surface area contributed by atoms with Crippen molar-refractivity contribution in [1.29, 1.82) is 0 Å². The van der Waals surface area contributed by atoms with Gasteiger partial charge < -0.3 is 19.7 Å². The maximum absolute atomic E-state index is 13.2. The molecule has 0 heterocycles. The number of amides is 1. The molecule has 0 aliphatic carbocycles. The number of hydrogen-bond acceptors (Lipinski definition) is 6. The highest BCUT2D eigenvalue weighted by molar-refractivity contribution is 7.99. The van der Waals surface area contributed by atoms with Crippen LogP contribution in [0.2, 0.25) is 0 Å². The van der Waals surface area contributed by atoms with E-state index in [0.717, 1.165) is 68.0 Å². The average Bonchev–Trinajstić information content (AvgIpc) is 3.02. The Hall–Kier alpha value is -3.29. The van der Waals surface area contributed by atoms with Gasteiger partial charge in [-0.25, -0.2) is 4.79 Å². The molecule has 2 rings (SSSR count). The summed E-state index contributed by atoms with van der Waals surface area (Å²) in [7, 11) is 1.53. The minimum absolute atomic E-state index is 0.139. The quantitative estimate of drug-likeness (QED) is 0.0399. The lowest BCUT2D eigenvalue weighted by Crippen LogP contribution is -2.26. The predicted octanol–water partition coefficient (Wildman–Crippen LogP) is 8.73. The standard InChI is InChI=1S/C37H52N2O4S/c1-7-15-29(4)16-14-17-30(5)24-27-44-35-19-11-10-18-32(35)37(41)43-33-22-20-31(28-34(33)42-6)21-23-36(40)38-25-12-13-26-39(8-2)9-3/h10-11,16,18-24,28H,7-9,12-15,17,25-27H2,1-6H3,(H,38,40)/b23-21+,29-16+,30-24+. The van der Waals surface area contributed by atoms with Crippen molar-refractivity contribution in [3.63, 3.8) is 0 Å². The Balaban J connectivity index is 1.93. The number of hydrogen-bond donors (Lipinski definition) is 1. The first kappa shape index (κ1) is 36.9. The molecule has 0 radical (unpaired) electrons. The minimum Gasteiger partial charge on any atom is -0.493 e. The number of methoxy groups -OCH3 is 1. The van der Waals surface area contributed by atoms with Crippen molar-refractivity contribution in [2.24, 2.45) is 0 Å². The fourth-order valence-corrected chi connectivity index (χ4v) is 5.68. The van der Waals surface area contributed by atoms with E-state index in [-0.39, 0.29) is 5.91 Å². The van der Waals surface area contributed by atoms with E-state index >= 15 is 0 Å². The molecule has 0 aliphatic rings. The zero-order valence-electron chi connectivity index (χ0n) is 27.6. The number of unbranched alkanes of at least 4 members (excludes halogenated alkanes) is 1. The molecule has 0 unspecified atom stereocenters. The van der Waals surface area contributed by atoms with E-state index in [1.807, 2.05) is 18.2 Å². The van der Waals surface area contributed by atoms with Crippen molar-refractivity contribution in [1.82, 2.24) is 10.2 Å². The predicted molar refractivity (Wildman–Crippen MR) is 186 cm³/mol. The van der Waals surface area contributed by atoms with Crippen molar-refractivity contribution in [2.75, 3.05) is 39.0 Å². The van der Waals surface area contributed by atoms with Gasteiger partial charge in [-0.2, -0.15) is 0 Å². The van der Waals surface area contributed by atoms with E-state index in [4.69, 9.17) is 9.47 Å². The molecule has 0 spiro atoms. The highest BCUT2D eigenvalue weighted by Crippen LogP contribution is 2.31. The Morgan fingerprint density at radius 3 is 2.41 bits per heavy atom. The average molecular weight is 621 g/mol. The molecule has 2 aromatic rings. The first-order valence-corrected chi connectivity index (χ1v) is 16.9. The summed E-state index contributed by atoms with van der Waals surface area (Å²) in [5.41, 5.74) is 4.09. The topological polar surface area (TPSA) is 67.9 Å². The molecule has 0 bridgehead atoms. The molecule has 0 saturated heterocycles. The normalized spacial score (nSPS) is 12.2. The number of carbonyl (C=O) groups excluding carboxylic acids is 2. The van der Waals surface area contributed by atoms with E-state index in [0.29, 0.717) is 23.6 Å². The minimum atomic E-state index is -0.438. The third-order valence-corrected chi connectivity index (χ3v) is 8.37. The van der Waals surface area contributed by atoms with Gasteiger partial charge in [0, 0.05) is 23.3 Å². The molecule has 0 saturated carbocycles. The highest BCUT2D eigenvalue weighted by atomic mass is 32.2. The SMILES string of the molecule is CCC/C(C)=C/CC/C(C)=C/CSc1ccccc1C(=O)Oc1ccc(/C=C/C(=O)NCCCCN(CC)CC)cc1OC. The third kappa shape index (κ3) is 14.0. The zero-order chi connectivity index (χ0) is 32.2. The number of esters is 1. The van der Waals surface area contributed by atoms with Gasteiger partial charge in [-0.15, -0.1) is 11.8 Å². The van der Waals surface area contributed by atoms with Crippen LogP contribution < -0.4 is 14.8 Å².